The van der Waals surface area contributed by atoms with Gasteiger partial charge in [-0.25, -0.2) is 0 Å². The molecular formula is C16H35NO6V. The molecule has 0 saturated heterocycles. The van der Waals surface area contributed by atoms with Crippen molar-refractivity contribution in [1.82, 2.24) is 5.32 Å². The van der Waals surface area contributed by atoms with Crippen molar-refractivity contribution in [3.8, 4) is 0 Å². The van der Waals surface area contributed by atoms with Crippen LogP contribution in [0.3, 0.4) is 0 Å². The van der Waals surface area contributed by atoms with E-state index in [2.05, 4.69) is 19.2 Å². The molecule has 0 atom stereocenters. The Morgan fingerprint density at radius 2 is 1.04 bits per heavy atom. The third-order valence-corrected chi connectivity index (χ3v) is 2.70. The molecule has 0 aromatic carbocycles. The molecule has 0 heterocycles. The Morgan fingerprint density at radius 3 is 1.42 bits per heavy atom. The molecule has 0 aliphatic rings. The van der Waals surface area contributed by atoms with Gasteiger partial charge in [0.25, 0.3) is 0 Å². The van der Waals surface area contributed by atoms with E-state index in [-0.39, 0.29) is 25.2 Å². The van der Waals surface area contributed by atoms with E-state index in [1.165, 1.54) is 0 Å². The summed E-state index contributed by atoms with van der Waals surface area (Å²) in [5, 5.41) is 11.8. The van der Waals surface area contributed by atoms with Crippen molar-refractivity contribution < 1.29 is 47.3 Å². The minimum absolute atomic E-state index is 0. The summed E-state index contributed by atoms with van der Waals surface area (Å²) >= 11 is 0. The predicted octanol–water partition coefficient (Wildman–Crippen LogP) is 0.305. The second kappa shape index (κ2) is 23.3. The Kier molecular flexibility index (Phi) is 25.8. The molecular weight excluding hydrogens is 353 g/mol. The maximum Gasteiger partial charge on any atom is 0.0701 e. The van der Waals surface area contributed by atoms with Crippen LogP contribution in [0.4, 0.5) is 0 Å². The standard InChI is InChI=1S/C16H35NO6.V/c1-16(2)15-17-3-5-19-7-9-21-11-13-23-14-12-22-10-8-20-6-4-18;/h16-18H,3-15H2,1-2H3;. The first-order valence-electron chi connectivity index (χ1n) is 8.47. The number of hydrogen-bond acceptors (Lipinski definition) is 7. The molecule has 145 valence electrons. The summed E-state index contributed by atoms with van der Waals surface area (Å²) in [4.78, 5) is 0. The van der Waals surface area contributed by atoms with Gasteiger partial charge in [0.2, 0.25) is 0 Å². The molecule has 0 aliphatic heterocycles. The first kappa shape index (κ1) is 26.5. The quantitative estimate of drug-likeness (QED) is 0.308. The Hall–Kier alpha value is 0.304. The number of nitrogens with one attached hydrogen (secondary N) is 1. The van der Waals surface area contributed by atoms with Crippen LogP contribution >= 0.6 is 0 Å². The van der Waals surface area contributed by atoms with Gasteiger partial charge in [0, 0.05) is 25.1 Å². The van der Waals surface area contributed by atoms with Gasteiger partial charge < -0.3 is 34.1 Å². The summed E-state index contributed by atoms with van der Waals surface area (Å²) in [6.45, 7) is 11.8. The van der Waals surface area contributed by atoms with Crippen molar-refractivity contribution in [1.29, 1.82) is 0 Å². The Labute approximate surface area is 158 Å². The summed E-state index contributed by atoms with van der Waals surface area (Å²) < 4.78 is 26.5. The van der Waals surface area contributed by atoms with Crippen molar-refractivity contribution in [2.75, 3.05) is 85.8 Å². The van der Waals surface area contributed by atoms with E-state index in [9.17, 15) is 0 Å². The first-order valence-corrected chi connectivity index (χ1v) is 8.47. The molecule has 0 aromatic heterocycles. The topological polar surface area (TPSA) is 78.4 Å². The van der Waals surface area contributed by atoms with Crippen LogP contribution in [-0.4, -0.2) is 90.9 Å². The molecule has 0 rings (SSSR count). The monoisotopic (exact) mass is 388 g/mol. The molecule has 0 aromatic rings. The van der Waals surface area contributed by atoms with Gasteiger partial charge in [-0.2, -0.15) is 0 Å². The second-order valence-corrected chi connectivity index (χ2v) is 5.38. The van der Waals surface area contributed by atoms with Gasteiger partial charge in [-0.3, -0.25) is 0 Å². The van der Waals surface area contributed by atoms with Crippen LogP contribution in [0.15, 0.2) is 0 Å². The summed E-state index contributed by atoms with van der Waals surface area (Å²) in [6, 6.07) is 0. The molecule has 1 radical (unpaired) electrons. The predicted molar refractivity (Wildman–Crippen MR) is 88.9 cm³/mol. The Bertz CT molecular complexity index is 225. The van der Waals surface area contributed by atoms with Crippen LogP contribution in [0.2, 0.25) is 0 Å². The van der Waals surface area contributed by atoms with Crippen LogP contribution in [0.1, 0.15) is 13.8 Å². The first-order chi connectivity index (χ1) is 11.3. The third kappa shape index (κ3) is 24.6. The van der Waals surface area contributed by atoms with E-state index in [4.69, 9.17) is 28.8 Å². The largest absolute Gasteiger partial charge is 0.394 e. The maximum atomic E-state index is 8.50. The molecule has 24 heavy (non-hydrogen) atoms. The van der Waals surface area contributed by atoms with Gasteiger partial charge in [-0.15, -0.1) is 0 Å². The molecule has 0 aliphatic carbocycles. The molecule has 0 unspecified atom stereocenters. The van der Waals surface area contributed by atoms with E-state index >= 15 is 0 Å². The maximum absolute atomic E-state index is 8.50. The summed E-state index contributed by atoms with van der Waals surface area (Å²) in [5.41, 5.74) is 0. The van der Waals surface area contributed by atoms with Gasteiger partial charge in [0.1, 0.15) is 0 Å². The third-order valence-electron chi connectivity index (χ3n) is 2.70. The zero-order chi connectivity index (χ0) is 17.0. The molecule has 0 fully saturated rings. The number of ether oxygens (including phenoxy) is 5. The summed E-state index contributed by atoms with van der Waals surface area (Å²) in [6.07, 6.45) is 0. The van der Waals surface area contributed by atoms with Crippen LogP contribution in [0, 0.1) is 5.92 Å². The fourth-order valence-electron chi connectivity index (χ4n) is 1.58. The van der Waals surface area contributed by atoms with Crippen LogP contribution in [0.5, 0.6) is 0 Å². The van der Waals surface area contributed by atoms with E-state index in [0.29, 0.717) is 72.0 Å². The Balaban J connectivity index is 0. The van der Waals surface area contributed by atoms with Crippen molar-refractivity contribution in [2.45, 2.75) is 13.8 Å². The molecule has 0 bridgehead atoms. The fourth-order valence-corrected chi connectivity index (χ4v) is 1.58. The second-order valence-electron chi connectivity index (χ2n) is 5.38. The average molecular weight is 388 g/mol. The fraction of sp³-hybridized carbons (Fsp3) is 1.00. The van der Waals surface area contributed by atoms with Crippen molar-refractivity contribution in [3.05, 3.63) is 0 Å². The number of hydrogen-bond donors (Lipinski definition) is 2. The number of aliphatic hydroxyl groups excluding tert-OH is 1. The number of aliphatic hydroxyl groups is 1. The SMILES string of the molecule is CC(C)CNCCOCCOCCOCCOCCOCCO.[V]. The van der Waals surface area contributed by atoms with Gasteiger partial charge in [-0.1, -0.05) is 13.8 Å². The van der Waals surface area contributed by atoms with Crippen molar-refractivity contribution in [2.24, 2.45) is 5.92 Å². The molecule has 0 saturated carbocycles. The van der Waals surface area contributed by atoms with Crippen LogP contribution in [-0.2, 0) is 42.2 Å². The summed E-state index contributed by atoms with van der Waals surface area (Å²) in [5.74, 6) is 0.670. The van der Waals surface area contributed by atoms with Gasteiger partial charge in [0.05, 0.1) is 72.7 Å². The molecule has 8 heteroatoms. The normalized spacial score (nSPS) is 11.0. The minimum atomic E-state index is 0. The van der Waals surface area contributed by atoms with E-state index < -0.39 is 0 Å². The van der Waals surface area contributed by atoms with Crippen LogP contribution < -0.4 is 5.32 Å². The average Bonchev–Trinajstić information content (AvgIpc) is 2.53. The van der Waals surface area contributed by atoms with E-state index in [0.717, 1.165) is 13.1 Å². The van der Waals surface area contributed by atoms with E-state index in [1.54, 1.807) is 0 Å². The number of rotatable bonds is 19. The van der Waals surface area contributed by atoms with Gasteiger partial charge in [-0.05, 0) is 12.5 Å². The minimum Gasteiger partial charge on any atom is -0.394 e. The van der Waals surface area contributed by atoms with Crippen molar-refractivity contribution in [3.63, 3.8) is 0 Å². The molecule has 0 spiro atoms. The molecule has 0 amide bonds. The molecule has 7 nitrogen and oxygen atoms in total. The van der Waals surface area contributed by atoms with E-state index in [1.807, 2.05) is 0 Å². The van der Waals surface area contributed by atoms with Gasteiger partial charge in [0.15, 0.2) is 0 Å². The van der Waals surface area contributed by atoms with Crippen LogP contribution in [0.25, 0.3) is 0 Å². The zero-order valence-corrected chi connectivity index (χ0v) is 16.6. The van der Waals surface area contributed by atoms with Crippen molar-refractivity contribution >= 4 is 0 Å². The summed E-state index contributed by atoms with van der Waals surface area (Å²) in [7, 11) is 0. The van der Waals surface area contributed by atoms with Gasteiger partial charge >= 0.3 is 0 Å². The molecule has 2 N–H and O–H groups in total. The Morgan fingerprint density at radius 1 is 0.667 bits per heavy atom. The zero-order valence-electron chi connectivity index (χ0n) is 15.2. The smallest absolute Gasteiger partial charge is 0.0701 e.